The van der Waals surface area contributed by atoms with E-state index in [-0.39, 0.29) is 11.8 Å². The summed E-state index contributed by atoms with van der Waals surface area (Å²) in [5, 5.41) is 16.6. The van der Waals surface area contributed by atoms with Crippen LogP contribution in [0.5, 0.6) is 5.75 Å². The van der Waals surface area contributed by atoms with Gasteiger partial charge in [0.05, 0.1) is 13.5 Å². The number of methoxy groups -OCH3 is 1. The van der Waals surface area contributed by atoms with Crippen molar-refractivity contribution in [2.24, 2.45) is 10.5 Å². The molecule has 2 N–H and O–H groups in total. The second-order valence-corrected chi connectivity index (χ2v) is 9.22. The van der Waals surface area contributed by atoms with E-state index in [1.165, 1.54) is 0 Å². The summed E-state index contributed by atoms with van der Waals surface area (Å²) < 4.78 is 5.60. The van der Waals surface area contributed by atoms with Gasteiger partial charge in [-0.25, -0.2) is 0 Å². The molecule has 0 amide bonds. The van der Waals surface area contributed by atoms with Gasteiger partial charge >= 0.3 is 5.97 Å². The van der Waals surface area contributed by atoms with E-state index >= 15 is 0 Å². The predicted octanol–water partition coefficient (Wildman–Crippen LogP) is 4.95. The van der Waals surface area contributed by atoms with Gasteiger partial charge in [0.15, 0.2) is 0 Å². The Balaban J connectivity index is 2.50. The molecule has 0 aliphatic carbocycles. The van der Waals surface area contributed by atoms with Crippen molar-refractivity contribution in [3.8, 4) is 16.9 Å². The van der Waals surface area contributed by atoms with Gasteiger partial charge < -0.3 is 20.1 Å². The van der Waals surface area contributed by atoms with Crippen molar-refractivity contribution in [3.05, 3.63) is 64.6 Å². The summed E-state index contributed by atoms with van der Waals surface area (Å²) in [4.78, 5) is 16.6. The van der Waals surface area contributed by atoms with Gasteiger partial charge in [-0.15, -0.1) is 4.95 Å². The van der Waals surface area contributed by atoms with Crippen molar-refractivity contribution in [1.82, 2.24) is 10.2 Å². The van der Waals surface area contributed by atoms with Crippen LogP contribution in [0.4, 0.5) is 0 Å². The third kappa shape index (κ3) is 7.53. The lowest BCUT2D eigenvalue weighted by atomic mass is 9.94. The molecule has 176 valence electrons. The maximum atomic E-state index is 11.3. The highest BCUT2D eigenvalue weighted by Crippen LogP contribution is 2.34. The normalized spacial score (nSPS) is 11.6. The van der Waals surface area contributed by atoms with E-state index in [0.29, 0.717) is 36.9 Å². The molecule has 2 rings (SSSR count). The average molecular weight is 451 g/mol. The zero-order chi connectivity index (χ0) is 24.6. The summed E-state index contributed by atoms with van der Waals surface area (Å²) in [6.07, 6.45) is -0.0577. The zero-order valence-corrected chi connectivity index (χ0v) is 20.4. The summed E-state index contributed by atoms with van der Waals surface area (Å²) in [5.41, 5.74) is 4.69. The molecular weight excluding hydrogens is 416 g/mol. The van der Waals surface area contributed by atoms with Crippen molar-refractivity contribution >= 4 is 11.9 Å². The van der Waals surface area contributed by atoms with Gasteiger partial charge in [0.1, 0.15) is 10.9 Å². The van der Waals surface area contributed by atoms with E-state index < -0.39 is 5.97 Å². The monoisotopic (exact) mass is 450 g/mol. The lowest BCUT2D eigenvalue weighted by Crippen LogP contribution is -2.43. The van der Waals surface area contributed by atoms with Gasteiger partial charge in [-0.2, -0.15) is 6.57 Å². The van der Waals surface area contributed by atoms with Crippen molar-refractivity contribution in [2.75, 3.05) is 20.2 Å². The first kappa shape index (κ1) is 25.7. The summed E-state index contributed by atoms with van der Waals surface area (Å²) in [5.74, 6) is 0.344. The Hall–Kier alpha value is -3.53. The van der Waals surface area contributed by atoms with Crippen LogP contribution in [0.1, 0.15) is 44.4 Å². The summed E-state index contributed by atoms with van der Waals surface area (Å²) in [7, 11) is 1.61. The number of aliphatic carboxylic acids is 1. The minimum Gasteiger partial charge on any atom is -0.496 e. The van der Waals surface area contributed by atoms with Gasteiger partial charge in [-0.1, -0.05) is 50.6 Å². The van der Waals surface area contributed by atoms with E-state index in [9.17, 15) is 9.90 Å². The van der Waals surface area contributed by atoms with Gasteiger partial charge in [-0.05, 0) is 48.1 Å². The van der Waals surface area contributed by atoms with E-state index in [4.69, 9.17) is 11.3 Å². The Morgan fingerprint density at radius 2 is 1.94 bits per heavy atom. The second kappa shape index (κ2) is 11.4. The molecule has 0 saturated heterocycles. The first-order valence-corrected chi connectivity index (χ1v) is 11.0. The molecule has 0 unspecified atom stereocenters. The molecule has 33 heavy (non-hydrogen) atoms. The number of nitrogens with zero attached hydrogens (tertiary/aromatic N) is 3. The molecule has 0 aliphatic heterocycles. The highest BCUT2D eigenvalue weighted by atomic mass is 16.5. The molecule has 2 aromatic rings. The molecule has 0 fully saturated rings. The smallest absolute Gasteiger partial charge is 0.307 e. The lowest BCUT2D eigenvalue weighted by molar-refractivity contribution is -0.136. The van der Waals surface area contributed by atoms with Crippen LogP contribution in [0.3, 0.4) is 0 Å². The van der Waals surface area contributed by atoms with Crippen LogP contribution in [0.2, 0.25) is 0 Å². The molecule has 0 saturated carbocycles. The maximum absolute atomic E-state index is 11.3. The number of carboxylic acid groups (broad SMARTS) is 1. The lowest BCUT2D eigenvalue weighted by Gasteiger charge is -2.27. The Morgan fingerprint density at radius 3 is 2.52 bits per heavy atom. The summed E-state index contributed by atoms with van der Waals surface area (Å²) in [6.45, 7) is 19.6. The van der Waals surface area contributed by atoms with Crippen LogP contribution in [-0.4, -0.2) is 42.1 Å². The first-order chi connectivity index (χ1) is 15.6. The van der Waals surface area contributed by atoms with Crippen molar-refractivity contribution in [2.45, 2.75) is 47.6 Å². The number of hydrogen-bond acceptors (Lipinski definition) is 3. The molecule has 0 spiro atoms. The number of ether oxygens (including phenoxy) is 1. The molecule has 2 aromatic carbocycles. The second-order valence-electron chi connectivity index (χ2n) is 9.22. The van der Waals surface area contributed by atoms with Crippen LogP contribution < -0.4 is 10.1 Å². The Bertz CT molecular complexity index is 1050. The van der Waals surface area contributed by atoms with E-state index in [2.05, 4.69) is 42.2 Å². The van der Waals surface area contributed by atoms with Crippen molar-refractivity contribution < 1.29 is 14.6 Å². The quantitative estimate of drug-likeness (QED) is 0.258. The number of hydrogen-bond donors (Lipinski definition) is 2. The van der Waals surface area contributed by atoms with Gasteiger partial charge in [0, 0.05) is 25.2 Å². The number of rotatable bonds is 8. The summed E-state index contributed by atoms with van der Waals surface area (Å²) >= 11 is 0. The molecular formula is C26H34N4O3. The fourth-order valence-corrected chi connectivity index (χ4v) is 3.51. The van der Waals surface area contributed by atoms with Crippen LogP contribution in [0, 0.1) is 18.9 Å². The van der Waals surface area contributed by atoms with Gasteiger partial charge in [-0.3, -0.25) is 4.79 Å². The largest absolute Gasteiger partial charge is 0.496 e. The Kier molecular flexibility index (Phi) is 8.86. The molecule has 0 heterocycles. The number of guanidine groups is 1. The topological polar surface area (TPSA) is 78.5 Å². The average Bonchev–Trinajstić information content (AvgIpc) is 2.74. The molecule has 0 aliphatic rings. The third-order valence-electron chi connectivity index (χ3n) is 5.13. The molecule has 0 bridgehead atoms. The Labute approximate surface area is 196 Å². The number of aryl methyl sites for hydroxylation is 1. The number of carboxylic acids is 1. The summed E-state index contributed by atoms with van der Waals surface area (Å²) in [6, 6.07) is 11.6. The van der Waals surface area contributed by atoms with Crippen LogP contribution in [0.15, 0.2) is 41.5 Å². The molecule has 7 heteroatoms. The highest BCUT2D eigenvalue weighted by molar-refractivity contribution is 5.81. The number of nitrogens with one attached hydrogen (secondary N) is 1. The fraction of sp³-hybridized carbons (Fsp3) is 0.423. The first-order valence-electron chi connectivity index (χ1n) is 11.0. The van der Waals surface area contributed by atoms with Crippen LogP contribution in [-0.2, 0) is 17.8 Å². The molecule has 0 aromatic heterocycles. The predicted molar refractivity (Wildman–Crippen MR) is 132 cm³/mol. The maximum Gasteiger partial charge on any atom is 0.307 e. The van der Waals surface area contributed by atoms with Gasteiger partial charge in [0.2, 0.25) is 0 Å². The van der Waals surface area contributed by atoms with Crippen LogP contribution >= 0.6 is 0 Å². The third-order valence-corrected chi connectivity index (χ3v) is 5.13. The molecule has 0 atom stereocenters. The molecule has 7 nitrogen and oxygen atoms in total. The minimum atomic E-state index is -0.877. The number of benzene rings is 2. The standard InChI is InChI=1S/C26H34N4O3/c1-8-30(25(29-27-6)28-17-26(3,4)5)16-20-13-18(2)9-11-21(20)22-14-19(15-24(31)32)10-12-23(22)33-7/h9-14H,8,15-17H2,1-5,7H3,(H,28,29)(H,31,32). The van der Waals surface area contributed by atoms with E-state index in [0.717, 1.165) is 22.3 Å². The zero-order valence-electron chi connectivity index (χ0n) is 20.4. The highest BCUT2D eigenvalue weighted by Gasteiger charge is 2.20. The SMILES string of the molecule is [C-]#[N+]/N=C(\NCC(C)(C)C)N(CC)Cc1cc(C)ccc1-c1cc(CC(=O)O)ccc1OC. The van der Waals surface area contributed by atoms with E-state index in [1.807, 2.05) is 43.0 Å². The molecule has 0 radical (unpaired) electrons. The van der Waals surface area contributed by atoms with Crippen molar-refractivity contribution in [1.29, 1.82) is 0 Å². The van der Waals surface area contributed by atoms with Crippen LogP contribution in [0.25, 0.3) is 16.1 Å². The minimum absolute atomic E-state index is 0.0364. The number of carbonyl (C=O) groups is 1. The van der Waals surface area contributed by atoms with Gasteiger partial charge in [0.25, 0.3) is 5.96 Å². The fourth-order valence-electron chi connectivity index (χ4n) is 3.51. The van der Waals surface area contributed by atoms with Crippen molar-refractivity contribution in [3.63, 3.8) is 0 Å². The van der Waals surface area contributed by atoms with E-state index in [1.54, 1.807) is 13.2 Å². The Morgan fingerprint density at radius 1 is 1.21 bits per heavy atom.